The van der Waals surface area contributed by atoms with E-state index in [1.165, 1.54) is 45.9 Å². The van der Waals surface area contributed by atoms with E-state index in [9.17, 15) is 9.90 Å². The van der Waals surface area contributed by atoms with Crippen molar-refractivity contribution in [3.63, 3.8) is 0 Å². The summed E-state index contributed by atoms with van der Waals surface area (Å²) in [6.45, 7) is 9.17. The van der Waals surface area contributed by atoms with Crippen molar-refractivity contribution in [3.05, 3.63) is 35.1 Å². The van der Waals surface area contributed by atoms with Crippen LogP contribution in [-0.2, 0) is 4.74 Å². The molecule has 0 spiro atoms. The number of nitrogens with one attached hydrogen (secondary N) is 1. The molecule has 1 aromatic carbocycles. The minimum atomic E-state index is -0.442. The monoisotopic (exact) mass is 551 g/mol. The van der Waals surface area contributed by atoms with Gasteiger partial charge in [-0.05, 0) is 112 Å². The number of thioether (sulfide) groups is 1. The van der Waals surface area contributed by atoms with Crippen LogP contribution >= 0.6 is 27.7 Å². The van der Waals surface area contributed by atoms with Gasteiger partial charge >= 0.3 is 6.09 Å². The first kappa shape index (κ1) is 27.2. The minimum Gasteiger partial charge on any atom is -0.444 e. The Morgan fingerprint density at radius 3 is 2.76 bits per heavy atom. The molecule has 8 heteroatoms. The zero-order chi connectivity index (χ0) is 24.6. The van der Waals surface area contributed by atoms with Crippen molar-refractivity contribution in [1.29, 1.82) is 0 Å². The minimum absolute atomic E-state index is 0.266. The van der Waals surface area contributed by atoms with Crippen LogP contribution in [0.15, 0.2) is 40.0 Å². The van der Waals surface area contributed by atoms with E-state index in [1.54, 1.807) is 4.90 Å². The van der Waals surface area contributed by atoms with Gasteiger partial charge in [0.05, 0.1) is 6.10 Å². The average molecular weight is 553 g/mol. The van der Waals surface area contributed by atoms with Crippen molar-refractivity contribution in [2.75, 3.05) is 26.2 Å². The molecule has 2 aliphatic heterocycles. The Balaban J connectivity index is 0.000000197. The summed E-state index contributed by atoms with van der Waals surface area (Å²) in [6, 6.07) is 6.55. The lowest BCUT2D eigenvalue weighted by Crippen LogP contribution is -2.37. The number of ether oxygens (including phenoxy) is 1. The van der Waals surface area contributed by atoms with Crippen molar-refractivity contribution < 1.29 is 14.6 Å². The van der Waals surface area contributed by atoms with Crippen LogP contribution in [0.4, 0.5) is 4.79 Å². The van der Waals surface area contributed by atoms with Gasteiger partial charge in [0.25, 0.3) is 0 Å². The normalized spacial score (nSPS) is 21.7. The Morgan fingerprint density at radius 2 is 1.97 bits per heavy atom. The molecule has 0 bridgehead atoms. The molecule has 0 aliphatic carbocycles. The number of rotatable bonds is 2. The van der Waals surface area contributed by atoms with Crippen LogP contribution in [0.5, 0.6) is 0 Å². The highest BCUT2D eigenvalue weighted by atomic mass is 79.9. The number of halogens is 1. The van der Waals surface area contributed by atoms with Crippen molar-refractivity contribution in [2.24, 2.45) is 0 Å². The number of hydrogen-bond acceptors (Lipinski definition) is 6. The van der Waals surface area contributed by atoms with Gasteiger partial charge in [0.2, 0.25) is 0 Å². The second-order valence-corrected chi connectivity index (χ2v) is 12.2. The molecule has 2 aromatic rings. The van der Waals surface area contributed by atoms with Gasteiger partial charge in [0, 0.05) is 45.5 Å². The van der Waals surface area contributed by atoms with Gasteiger partial charge in [-0.2, -0.15) is 0 Å². The third-order valence-electron chi connectivity index (χ3n) is 5.86. The Morgan fingerprint density at radius 1 is 1.15 bits per heavy atom. The molecule has 2 fully saturated rings. The van der Waals surface area contributed by atoms with E-state index in [4.69, 9.17) is 4.74 Å². The number of nitrogens with zero attached hydrogens (tertiary/aromatic N) is 2. The van der Waals surface area contributed by atoms with Gasteiger partial charge in [-0.3, -0.25) is 4.98 Å². The molecular formula is C26H38BrN3O3S. The fourth-order valence-corrected chi connectivity index (χ4v) is 5.94. The molecule has 188 valence electrons. The predicted octanol–water partition coefficient (Wildman–Crippen LogP) is 6.00. The summed E-state index contributed by atoms with van der Waals surface area (Å²) < 4.78 is 6.46. The van der Waals surface area contributed by atoms with E-state index < -0.39 is 5.60 Å². The molecule has 2 N–H and O–H groups in total. The van der Waals surface area contributed by atoms with Crippen LogP contribution < -0.4 is 5.32 Å². The highest BCUT2D eigenvalue weighted by Gasteiger charge is 2.24. The molecule has 3 heterocycles. The van der Waals surface area contributed by atoms with Crippen LogP contribution in [0, 0.1) is 0 Å². The molecule has 2 unspecified atom stereocenters. The van der Waals surface area contributed by atoms with Crippen LogP contribution in [-0.4, -0.2) is 64.2 Å². The molecule has 0 saturated carbocycles. The topological polar surface area (TPSA) is 74.7 Å². The van der Waals surface area contributed by atoms with Crippen LogP contribution in [0.2, 0.25) is 0 Å². The largest absolute Gasteiger partial charge is 0.444 e. The fraction of sp³-hybridized carbons (Fsp3) is 0.615. The molecule has 2 atom stereocenters. The third kappa shape index (κ3) is 9.02. The van der Waals surface area contributed by atoms with Crippen molar-refractivity contribution in [1.82, 2.24) is 15.2 Å². The zero-order valence-electron chi connectivity index (χ0n) is 20.6. The lowest BCUT2D eigenvalue weighted by atomic mass is 10.2. The highest BCUT2D eigenvalue weighted by molar-refractivity contribution is 9.10. The van der Waals surface area contributed by atoms with Crippen molar-refractivity contribution in [2.45, 2.75) is 81.1 Å². The molecule has 2 aliphatic rings. The number of aromatic nitrogens is 1. The lowest BCUT2D eigenvalue weighted by Gasteiger charge is -2.26. The maximum absolute atomic E-state index is 11.7. The van der Waals surface area contributed by atoms with Crippen LogP contribution in [0.25, 0.3) is 10.8 Å². The van der Waals surface area contributed by atoms with E-state index in [1.807, 2.05) is 44.9 Å². The SMILES string of the molecule is Brc1cc2cnccc2cc1SC1CCCNCC1.CC(C)(C)OC(=O)N1CCCC(O)CC1. The molecule has 0 radical (unpaired) electrons. The van der Waals surface area contributed by atoms with E-state index in [0.29, 0.717) is 19.5 Å². The summed E-state index contributed by atoms with van der Waals surface area (Å²) in [4.78, 5) is 18.9. The van der Waals surface area contributed by atoms with Gasteiger partial charge in [-0.1, -0.05) is 0 Å². The van der Waals surface area contributed by atoms with E-state index in [2.05, 4.69) is 44.4 Å². The van der Waals surface area contributed by atoms with Gasteiger partial charge in [-0.25, -0.2) is 4.79 Å². The first-order valence-corrected chi connectivity index (χ1v) is 13.9. The Kier molecular flexibility index (Phi) is 10.5. The number of aliphatic hydroxyl groups is 1. The van der Waals surface area contributed by atoms with E-state index in [-0.39, 0.29) is 12.2 Å². The number of benzene rings is 1. The van der Waals surface area contributed by atoms with E-state index >= 15 is 0 Å². The standard InChI is InChI=1S/C15H17BrN2S.C11H21NO3/c16-14-8-12-10-18-6-3-11(12)9-15(14)19-13-2-1-5-17-7-4-13;1-11(2,3)15-10(14)12-7-4-5-9(13)6-8-12/h3,6,8-10,13,17H,1-2,4-5,7H2;9,13H,4-8H2,1-3H3. The van der Waals surface area contributed by atoms with Crippen molar-refractivity contribution in [3.8, 4) is 0 Å². The number of fused-ring (bicyclic) bond motifs is 1. The second kappa shape index (κ2) is 13.1. The van der Waals surface area contributed by atoms with Gasteiger partial charge in [0.15, 0.2) is 0 Å². The summed E-state index contributed by atoms with van der Waals surface area (Å²) in [5.41, 5.74) is -0.442. The third-order valence-corrected chi connectivity index (χ3v) is 8.17. The molecular weight excluding hydrogens is 514 g/mol. The van der Waals surface area contributed by atoms with Crippen LogP contribution in [0.3, 0.4) is 0 Å². The maximum Gasteiger partial charge on any atom is 0.410 e. The predicted molar refractivity (Wildman–Crippen MR) is 143 cm³/mol. The highest BCUT2D eigenvalue weighted by Crippen LogP contribution is 2.36. The summed E-state index contributed by atoms with van der Waals surface area (Å²) in [6.07, 6.45) is 9.37. The second-order valence-electron chi connectivity index (χ2n) is 9.98. The number of carbonyl (C=O) groups is 1. The van der Waals surface area contributed by atoms with Gasteiger partial charge in [-0.15, -0.1) is 11.8 Å². The number of pyridine rings is 1. The summed E-state index contributed by atoms with van der Waals surface area (Å²) in [5.74, 6) is 0. The maximum atomic E-state index is 11.7. The Hall–Kier alpha value is -1.35. The molecule has 6 nitrogen and oxygen atoms in total. The number of likely N-dealkylation sites (tertiary alicyclic amines) is 1. The quantitative estimate of drug-likeness (QED) is 0.476. The fourth-order valence-electron chi connectivity index (χ4n) is 4.05. The number of aliphatic hydroxyl groups excluding tert-OH is 1. The number of hydrogen-bond donors (Lipinski definition) is 2. The lowest BCUT2D eigenvalue weighted by molar-refractivity contribution is 0.0251. The molecule has 1 amide bonds. The first-order chi connectivity index (χ1) is 16.2. The Bertz CT molecular complexity index is 929. The summed E-state index contributed by atoms with van der Waals surface area (Å²) in [7, 11) is 0. The molecule has 2 saturated heterocycles. The molecule has 1 aromatic heterocycles. The summed E-state index contributed by atoms with van der Waals surface area (Å²) in [5, 5.41) is 16.1. The number of carbonyl (C=O) groups excluding carboxylic acids is 1. The molecule has 34 heavy (non-hydrogen) atoms. The molecule has 4 rings (SSSR count). The van der Waals surface area contributed by atoms with Gasteiger partial charge < -0.3 is 20.1 Å². The smallest absolute Gasteiger partial charge is 0.410 e. The van der Waals surface area contributed by atoms with E-state index in [0.717, 1.165) is 24.6 Å². The average Bonchev–Trinajstić information content (AvgIpc) is 3.16. The summed E-state index contributed by atoms with van der Waals surface area (Å²) >= 11 is 5.71. The first-order valence-electron chi connectivity index (χ1n) is 12.3. The van der Waals surface area contributed by atoms with Crippen LogP contribution in [0.1, 0.15) is 59.3 Å². The Labute approximate surface area is 216 Å². The zero-order valence-corrected chi connectivity index (χ0v) is 23.0. The van der Waals surface area contributed by atoms with Crippen molar-refractivity contribution >= 4 is 44.6 Å². The number of amides is 1. The van der Waals surface area contributed by atoms with Gasteiger partial charge in [0.1, 0.15) is 5.60 Å².